The first-order valence-corrected chi connectivity index (χ1v) is 4.66. The summed E-state index contributed by atoms with van der Waals surface area (Å²) < 4.78 is 1.38. The molecule has 0 unspecified atom stereocenters. The van der Waals surface area contributed by atoms with Gasteiger partial charge in [0.25, 0.3) is 0 Å². The summed E-state index contributed by atoms with van der Waals surface area (Å²) in [7, 11) is 3.42. The number of imidazole rings is 1. The van der Waals surface area contributed by atoms with Gasteiger partial charge in [0.05, 0.1) is 16.6 Å². The first kappa shape index (κ1) is 10.3. The highest BCUT2D eigenvalue weighted by molar-refractivity contribution is 5.92. The molecule has 2 aromatic rings. The van der Waals surface area contributed by atoms with Crippen molar-refractivity contribution in [1.82, 2.24) is 9.66 Å². The van der Waals surface area contributed by atoms with Crippen LogP contribution < -0.4 is 10.7 Å². The van der Waals surface area contributed by atoms with Gasteiger partial charge in [-0.2, -0.15) is 0 Å². The van der Waals surface area contributed by atoms with E-state index in [1.54, 1.807) is 25.2 Å². The number of nitrogens with one attached hydrogen (secondary N) is 1. The van der Waals surface area contributed by atoms with Crippen LogP contribution >= 0.6 is 0 Å². The first-order valence-electron chi connectivity index (χ1n) is 4.66. The number of carboxylic acids is 1. The molecule has 0 aliphatic heterocycles. The molecule has 0 fully saturated rings. The van der Waals surface area contributed by atoms with Crippen LogP contribution in [0.1, 0.15) is 10.4 Å². The number of hydrogen-bond donors (Lipinski definition) is 2. The van der Waals surface area contributed by atoms with E-state index >= 15 is 0 Å². The number of rotatable bonds is 2. The smallest absolute Gasteiger partial charge is 0.345 e. The molecular formula is C10H11N3O3. The molecule has 1 aromatic heterocycles. The zero-order valence-electron chi connectivity index (χ0n) is 8.89. The largest absolute Gasteiger partial charge is 0.478 e. The predicted molar refractivity (Wildman–Crippen MR) is 59.6 cm³/mol. The van der Waals surface area contributed by atoms with Gasteiger partial charge < -0.3 is 15.1 Å². The van der Waals surface area contributed by atoms with Gasteiger partial charge >= 0.3 is 11.7 Å². The van der Waals surface area contributed by atoms with Crippen LogP contribution in [-0.4, -0.2) is 34.8 Å². The van der Waals surface area contributed by atoms with Crippen LogP contribution in [0.2, 0.25) is 0 Å². The number of carboxylic acid groups (broad SMARTS) is 1. The SMILES string of the molecule is CN(C)n1c(=O)[nH]c2ccc(C(=O)O)cc21. The summed E-state index contributed by atoms with van der Waals surface area (Å²) >= 11 is 0. The second kappa shape index (κ2) is 3.41. The lowest BCUT2D eigenvalue weighted by Gasteiger charge is -2.13. The van der Waals surface area contributed by atoms with Gasteiger partial charge in [0, 0.05) is 14.1 Å². The van der Waals surface area contributed by atoms with Crippen molar-refractivity contribution < 1.29 is 9.90 Å². The molecule has 0 atom stereocenters. The van der Waals surface area contributed by atoms with Crippen LogP contribution in [0.25, 0.3) is 11.0 Å². The molecule has 16 heavy (non-hydrogen) atoms. The number of hydrogen-bond acceptors (Lipinski definition) is 3. The molecule has 1 heterocycles. The summed E-state index contributed by atoms with van der Waals surface area (Å²) in [6, 6.07) is 4.51. The molecule has 0 aliphatic rings. The van der Waals surface area contributed by atoms with Crippen LogP contribution in [0, 0.1) is 0 Å². The van der Waals surface area contributed by atoms with Crippen molar-refractivity contribution >= 4 is 17.0 Å². The molecule has 0 radical (unpaired) electrons. The van der Waals surface area contributed by atoms with Gasteiger partial charge in [-0.3, -0.25) is 0 Å². The van der Waals surface area contributed by atoms with Crippen molar-refractivity contribution in [2.45, 2.75) is 0 Å². The standard InChI is InChI=1S/C10H11N3O3/c1-12(2)13-8-5-6(9(14)15)3-4-7(8)11-10(13)16/h3-5H,1-2H3,(H,11,16)(H,14,15). The van der Waals surface area contributed by atoms with E-state index in [0.717, 1.165) is 0 Å². The fourth-order valence-electron chi connectivity index (χ4n) is 1.62. The lowest BCUT2D eigenvalue weighted by atomic mass is 10.2. The third kappa shape index (κ3) is 1.44. The van der Waals surface area contributed by atoms with Crippen molar-refractivity contribution in [3.63, 3.8) is 0 Å². The molecule has 6 nitrogen and oxygen atoms in total. The molecular weight excluding hydrogens is 210 g/mol. The molecule has 0 aliphatic carbocycles. The monoisotopic (exact) mass is 221 g/mol. The quantitative estimate of drug-likeness (QED) is 0.760. The third-order valence-electron chi connectivity index (χ3n) is 2.31. The summed E-state index contributed by atoms with van der Waals surface area (Å²) in [4.78, 5) is 25.0. The zero-order valence-corrected chi connectivity index (χ0v) is 8.89. The van der Waals surface area contributed by atoms with E-state index in [1.165, 1.54) is 16.8 Å². The van der Waals surface area contributed by atoms with Gasteiger partial charge in [0.2, 0.25) is 0 Å². The molecule has 2 rings (SSSR count). The molecule has 0 spiro atoms. The van der Waals surface area contributed by atoms with Gasteiger partial charge in [-0.05, 0) is 18.2 Å². The van der Waals surface area contributed by atoms with E-state index in [9.17, 15) is 9.59 Å². The molecule has 0 saturated carbocycles. The second-order valence-corrected chi connectivity index (χ2v) is 3.63. The lowest BCUT2D eigenvalue weighted by Crippen LogP contribution is -2.34. The number of benzene rings is 1. The molecule has 2 N–H and O–H groups in total. The van der Waals surface area contributed by atoms with Crippen LogP contribution in [0.15, 0.2) is 23.0 Å². The number of aromatic nitrogens is 2. The van der Waals surface area contributed by atoms with Crippen LogP contribution in [-0.2, 0) is 0 Å². The molecule has 0 amide bonds. The number of aromatic amines is 1. The highest BCUT2D eigenvalue weighted by Crippen LogP contribution is 2.12. The lowest BCUT2D eigenvalue weighted by molar-refractivity contribution is 0.0697. The first-order chi connectivity index (χ1) is 7.50. The average Bonchev–Trinajstić information content (AvgIpc) is 2.51. The molecule has 84 valence electrons. The van der Waals surface area contributed by atoms with Gasteiger partial charge in [-0.1, -0.05) is 0 Å². The summed E-state index contributed by atoms with van der Waals surface area (Å²) in [5.74, 6) is -1.01. The van der Waals surface area contributed by atoms with Crippen LogP contribution in [0.3, 0.4) is 0 Å². The van der Waals surface area contributed by atoms with E-state index < -0.39 is 5.97 Å². The number of aromatic carboxylic acids is 1. The summed E-state index contributed by atoms with van der Waals surface area (Å²) in [6.07, 6.45) is 0. The maximum Gasteiger partial charge on any atom is 0.345 e. The normalized spacial score (nSPS) is 10.6. The Kier molecular flexibility index (Phi) is 2.19. The fourth-order valence-corrected chi connectivity index (χ4v) is 1.62. The Morgan fingerprint density at radius 1 is 1.44 bits per heavy atom. The average molecular weight is 221 g/mol. The Morgan fingerprint density at radius 3 is 2.69 bits per heavy atom. The van der Waals surface area contributed by atoms with E-state index in [-0.39, 0.29) is 11.3 Å². The third-order valence-corrected chi connectivity index (χ3v) is 2.31. The summed E-state index contributed by atoms with van der Waals surface area (Å²) in [5.41, 5.74) is 1.03. The minimum absolute atomic E-state index is 0.155. The Hall–Kier alpha value is -2.24. The molecule has 1 aromatic carbocycles. The van der Waals surface area contributed by atoms with Gasteiger partial charge in [0.1, 0.15) is 0 Å². The van der Waals surface area contributed by atoms with E-state index in [2.05, 4.69) is 4.98 Å². The Balaban J connectivity index is 2.79. The predicted octanol–water partition coefficient (Wildman–Crippen LogP) is 0.225. The van der Waals surface area contributed by atoms with Crippen molar-refractivity contribution in [1.29, 1.82) is 0 Å². The highest BCUT2D eigenvalue weighted by Gasteiger charge is 2.11. The fraction of sp³-hybridized carbons (Fsp3) is 0.200. The van der Waals surface area contributed by atoms with Crippen LogP contribution in [0.5, 0.6) is 0 Å². The Morgan fingerprint density at radius 2 is 2.12 bits per heavy atom. The summed E-state index contributed by atoms with van der Waals surface area (Å²) in [5, 5.41) is 10.5. The van der Waals surface area contributed by atoms with Crippen LogP contribution in [0.4, 0.5) is 0 Å². The number of nitrogens with zero attached hydrogens (tertiary/aromatic N) is 2. The number of H-pyrrole nitrogens is 1. The van der Waals surface area contributed by atoms with E-state index in [0.29, 0.717) is 11.0 Å². The highest BCUT2D eigenvalue weighted by atomic mass is 16.4. The van der Waals surface area contributed by atoms with Gasteiger partial charge in [-0.15, -0.1) is 0 Å². The maximum atomic E-state index is 11.6. The maximum absolute atomic E-state index is 11.6. The van der Waals surface area contributed by atoms with E-state index in [1.807, 2.05) is 0 Å². The molecule has 0 bridgehead atoms. The minimum Gasteiger partial charge on any atom is -0.478 e. The van der Waals surface area contributed by atoms with E-state index in [4.69, 9.17) is 5.11 Å². The van der Waals surface area contributed by atoms with Gasteiger partial charge in [-0.25, -0.2) is 14.3 Å². The zero-order chi connectivity index (χ0) is 11.9. The van der Waals surface area contributed by atoms with Gasteiger partial charge in [0.15, 0.2) is 0 Å². The summed E-state index contributed by atoms with van der Waals surface area (Å²) in [6.45, 7) is 0. The van der Waals surface area contributed by atoms with Crippen molar-refractivity contribution in [2.24, 2.45) is 0 Å². The number of carbonyl (C=O) groups is 1. The Labute approximate surface area is 90.7 Å². The Bertz CT molecular complexity index is 609. The minimum atomic E-state index is -1.01. The topological polar surface area (TPSA) is 78.3 Å². The van der Waals surface area contributed by atoms with Crippen molar-refractivity contribution in [3.8, 4) is 0 Å². The van der Waals surface area contributed by atoms with Crippen molar-refractivity contribution in [3.05, 3.63) is 34.2 Å². The van der Waals surface area contributed by atoms with Crippen molar-refractivity contribution in [2.75, 3.05) is 19.1 Å². The second-order valence-electron chi connectivity index (χ2n) is 3.63. The molecule has 6 heteroatoms. The molecule has 0 saturated heterocycles. The number of fused-ring (bicyclic) bond motifs is 1.